The van der Waals surface area contributed by atoms with Crippen molar-refractivity contribution in [3.8, 4) is 11.5 Å². The fraction of sp³-hybridized carbons (Fsp3) is 0.278. The van der Waals surface area contributed by atoms with E-state index in [0.717, 1.165) is 12.5 Å². The zero-order valence-corrected chi connectivity index (χ0v) is 16.3. The minimum Gasteiger partial charge on any atom is -0.478 e. The molecule has 154 valence electrons. The van der Waals surface area contributed by atoms with Gasteiger partial charge in [-0.1, -0.05) is 6.92 Å². The molecule has 10 nitrogen and oxygen atoms in total. The summed E-state index contributed by atoms with van der Waals surface area (Å²) in [7, 11) is -4.32. The van der Waals surface area contributed by atoms with Crippen molar-refractivity contribution in [1.29, 1.82) is 0 Å². The van der Waals surface area contributed by atoms with Crippen LogP contribution < -0.4 is 14.8 Å². The number of nitro groups is 1. The molecule has 0 bridgehead atoms. The van der Waals surface area contributed by atoms with Crippen molar-refractivity contribution < 1.29 is 28.0 Å². The first kappa shape index (κ1) is 20.6. The maximum Gasteiger partial charge on any atom is 0.335 e. The van der Waals surface area contributed by atoms with Crippen molar-refractivity contribution in [3.63, 3.8) is 0 Å². The van der Waals surface area contributed by atoms with Gasteiger partial charge in [0, 0.05) is 25.2 Å². The van der Waals surface area contributed by atoms with Gasteiger partial charge in [0.25, 0.3) is 5.69 Å². The molecule has 0 saturated carbocycles. The van der Waals surface area contributed by atoms with Gasteiger partial charge in [0.05, 0.1) is 16.2 Å². The van der Waals surface area contributed by atoms with Crippen LogP contribution in [-0.2, 0) is 10.0 Å². The Kier molecular flexibility index (Phi) is 5.44. The van der Waals surface area contributed by atoms with Crippen molar-refractivity contribution in [1.82, 2.24) is 0 Å². The maximum atomic E-state index is 12.2. The highest BCUT2D eigenvalue weighted by atomic mass is 32.2. The minimum atomic E-state index is -4.32. The third-order valence-corrected chi connectivity index (χ3v) is 5.54. The van der Waals surface area contributed by atoms with E-state index in [-0.39, 0.29) is 28.4 Å². The number of carbonyl (C=O) groups is 1. The second-order valence-electron chi connectivity index (χ2n) is 6.87. The Morgan fingerprint density at radius 2 is 1.97 bits per heavy atom. The number of nitrogens with two attached hydrogens (primary N) is 1. The molecule has 1 aliphatic heterocycles. The fourth-order valence-electron chi connectivity index (χ4n) is 3.17. The van der Waals surface area contributed by atoms with Crippen LogP contribution in [0.25, 0.3) is 0 Å². The third kappa shape index (κ3) is 4.46. The van der Waals surface area contributed by atoms with Crippen LogP contribution in [0.3, 0.4) is 0 Å². The first-order chi connectivity index (χ1) is 13.6. The molecule has 1 heterocycles. The topological polar surface area (TPSA) is 153 Å². The van der Waals surface area contributed by atoms with Crippen molar-refractivity contribution in [2.75, 3.05) is 18.0 Å². The first-order valence-electron chi connectivity index (χ1n) is 8.67. The van der Waals surface area contributed by atoms with Gasteiger partial charge in [-0.3, -0.25) is 10.1 Å². The molecule has 2 aromatic rings. The molecule has 1 saturated heterocycles. The van der Waals surface area contributed by atoms with Gasteiger partial charge in [0.1, 0.15) is 10.6 Å². The molecule has 0 spiro atoms. The smallest absolute Gasteiger partial charge is 0.335 e. The quantitative estimate of drug-likeness (QED) is 0.533. The summed E-state index contributed by atoms with van der Waals surface area (Å²) in [5, 5.41) is 25.6. The summed E-state index contributed by atoms with van der Waals surface area (Å²) in [6, 6.07) is 7.38. The predicted molar refractivity (Wildman–Crippen MR) is 104 cm³/mol. The lowest BCUT2D eigenvalue weighted by atomic mass is 10.1. The average molecular weight is 421 g/mol. The Hall–Kier alpha value is -3.18. The van der Waals surface area contributed by atoms with Gasteiger partial charge in [-0.2, -0.15) is 0 Å². The second-order valence-corrected chi connectivity index (χ2v) is 8.40. The molecule has 0 amide bonds. The van der Waals surface area contributed by atoms with Crippen molar-refractivity contribution in [2.24, 2.45) is 11.1 Å². The molecule has 0 aliphatic carbocycles. The van der Waals surface area contributed by atoms with E-state index < -0.39 is 25.8 Å². The van der Waals surface area contributed by atoms with E-state index in [0.29, 0.717) is 19.0 Å². The Balaban J connectivity index is 2.16. The number of sulfonamides is 1. The molecule has 29 heavy (non-hydrogen) atoms. The predicted octanol–water partition coefficient (Wildman–Crippen LogP) is 2.58. The summed E-state index contributed by atoms with van der Waals surface area (Å²) >= 11 is 0. The Morgan fingerprint density at radius 3 is 2.45 bits per heavy atom. The van der Waals surface area contributed by atoms with E-state index in [2.05, 4.69) is 0 Å². The zero-order valence-electron chi connectivity index (χ0n) is 15.4. The average Bonchev–Trinajstić information content (AvgIpc) is 3.07. The maximum absolute atomic E-state index is 12.2. The molecule has 0 aromatic heterocycles. The van der Waals surface area contributed by atoms with Crippen molar-refractivity contribution in [2.45, 2.75) is 18.2 Å². The molecule has 1 atom stereocenters. The van der Waals surface area contributed by atoms with E-state index in [4.69, 9.17) is 9.88 Å². The Morgan fingerprint density at radius 1 is 1.31 bits per heavy atom. The fourth-order valence-corrected chi connectivity index (χ4v) is 3.86. The van der Waals surface area contributed by atoms with Crippen LogP contribution >= 0.6 is 0 Å². The highest BCUT2D eigenvalue weighted by Gasteiger charge is 2.29. The van der Waals surface area contributed by atoms with Crippen LogP contribution in [0.2, 0.25) is 0 Å². The highest BCUT2D eigenvalue weighted by Crippen LogP contribution is 2.41. The summed E-state index contributed by atoms with van der Waals surface area (Å²) in [6.07, 6.45) is 0.846. The normalized spacial score (nSPS) is 16.6. The van der Waals surface area contributed by atoms with Gasteiger partial charge in [0.2, 0.25) is 10.0 Å². The summed E-state index contributed by atoms with van der Waals surface area (Å²) in [6.45, 7) is 3.20. The number of hydrogen-bond acceptors (Lipinski definition) is 7. The van der Waals surface area contributed by atoms with Gasteiger partial charge < -0.3 is 14.7 Å². The SMILES string of the molecule is CC1CCN(c2cc(C(=O)O)cc(S(N)(=O)=O)c2Oc2ccc([N+](=O)[O-])cc2)C1. The molecule has 2 aromatic carbocycles. The molecular weight excluding hydrogens is 402 g/mol. The van der Waals surface area contributed by atoms with Gasteiger partial charge >= 0.3 is 5.97 Å². The molecular formula is C18H19N3O7S. The summed E-state index contributed by atoms with van der Waals surface area (Å²) in [5.41, 5.74) is -0.102. The van der Waals surface area contributed by atoms with Gasteiger partial charge in [-0.25, -0.2) is 18.4 Å². The van der Waals surface area contributed by atoms with Crippen LogP contribution in [0.1, 0.15) is 23.7 Å². The number of nitrogens with zero attached hydrogens (tertiary/aromatic N) is 2. The number of carboxylic acid groups (broad SMARTS) is 1. The molecule has 3 N–H and O–H groups in total. The van der Waals surface area contributed by atoms with E-state index in [1.165, 1.54) is 30.3 Å². The number of aromatic carboxylic acids is 1. The van der Waals surface area contributed by atoms with E-state index in [9.17, 15) is 28.4 Å². The molecule has 11 heteroatoms. The number of anilines is 1. The summed E-state index contributed by atoms with van der Waals surface area (Å²) in [4.78, 5) is 23.1. The van der Waals surface area contributed by atoms with Crippen LogP contribution in [0.5, 0.6) is 11.5 Å². The first-order valence-corrected chi connectivity index (χ1v) is 10.2. The van der Waals surface area contributed by atoms with Crippen molar-refractivity contribution >= 4 is 27.4 Å². The van der Waals surface area contributed by atoms with Crippen molar-refractivity contribution in [3.05, 3.63) is 52.1 Å². The van der Waals surface area contributed by atoms with Crippen LogP contribution in [0.15, 0.2) is 41.3 Å². The minimum absolute atomic E-state index is 0.111. The Labute approximate surface area is 166 Å². The zero-order chi connectivity index (χ0) is 21.3. The molecule has 1 aliphatic rings. The summed E-state index contributed by atoms with van der Waals surface area (Å²) in [5.74, 6) is -0.934. The number of nitro benzene ring substituents is 1. The number of benzene rings is 2. The third-order valence-electron chi connectivity index (χ3n) is 4.62. The van der Waals surface area contributed by atoms with Gasteiger partial charge in [0.15, 0.2) is 5.75 Å². The Bertz CT molecular complexity index is 1070. The van der Waals surface area contributed by atoms with E-state index in [1.807, 2.05) is 11.8 Å². The van der Waals surface area contributed by atoms with E-state index >= 15 is 0 Å². The number of hydrogen-bond donors (Lipinski definition) is 2. The second kappa shape index (κ2) is 7.68. The van der Waals surface area contributed by atoms with Gasteiger partial charge in [-0.15, -0.1) is 0 Å². The summed E-state index contributed by atoms with van der Waals surface area (Å²) < 4.78 is 30.1. The monoisotopic (exact) mass is 421 g/mol. The van der Waals surface area contributed by atoms with Crippen LogP contribution in [-0.4, -0.2) is 37.5 Å². The number of non-ortho nitro benzene ring substituents is 1. The van der Waals surface area contributed by atoms with E-state index in [1.54, 1.807) is 0 Å². The lowest BCUT2D eigenvalue weighted by molar-refractivity contribution is -0.384. The lowest BCUT2D eigenvalue weighted by Crippen LogP contribution is -2.22. The molecule has 3 rings (SSSR count). The molecule has 1 unspecified atom stereocenters. The standard InChI is InChI=1S/C18H19N3O7S/c1-11-6-7-20(10-11)15-8-12(18(22)23)9-16(29(19,26)27)17(15)28-14-4-2-13(3-5-14)21(24)25/h2-5,8-9,11H,6-7,10H2,1H3,(H,22,23)(H2,19,26,27). The largest absolute Gasteiger partial charge is 0.478 e. The van der Waals surface area contributed by atoms with Crippen LogP contribution in [0.4, 0.5) is 11.4 Å². The number of rotatable bonds is 6. The van der Waals surface area contributed by atoms with Gasteiger partial charge in [-0.05, 0) is 36.6 Å². The number of ether oxygens (including phenoxy) is 1. The lowest BCUT2D eigenvalue weighted by Gasteiger charge is -2.24. The molecule has 1 fully saturated rings. The highest BCUT2D eigenvalue weighted by molar-refractivity contribution is 7.89. The molecule has 0 radical (unpaired) electrons. The van der Waals surface area contributed by atoms with Crippen LogP contribution in [0, 0.1) is 16.0 Å². The number of primary sulfonamides is 1. The number of carboxylic acids is 1.